The summed E-state index contributed by atoms with van der Waals surface area (Å²) in [5, 5.41) is 9.42. The minimum Gasteiger partial charge on any atom is -0.497 e. The Kier molecular flexibility index (Phi) is 27.3. The number of ether oxygens (including phenoxy) is 6. The summed E-state index contributed by atoms with van der Waals surface area (Å²) in [4.78, 5) is 1.31. The molecule has 0 spiro atoms. The van der Waals surface area contributed by atoms with Gasteiger partial charge in [-0.1, -0.05) is 95.6 Å². The monoisotopic (exact) mass is 1360 g/mol. The van der Waals surface area contributed by atoms with E-state index in [0.717, 1.165) is 104 Å². The van der Waals surface area contributed by atoms with Crippen LogP contribution >= 0.6 is 30.1 Å². The Hall–Kier alpha value is -4.01. The van der Waals surface area contributed by atoms with Crippen molar-refractivity contribution in [3.05, 3.63) is 125 Å². The Labute approximate surface area is 548 Å². The van der Waals surface area contributed by atoms with E-state index >= 15 is 0 Å². The van der Waals surface area contributed by atoms with Gasteiger partial charge in [0.2, 0.25) is 0 Å². The lowest BCUT2D eigenvalue weighted by Crippen LogP contribution is -2.68. The van der Waals surface area contributed by atoms with Gasteiger partial charge in [0, 0.05) is 41.6 Å². The Morgan fingerprint density at radius 1 is 0.685 bits per heavy atom. The lowest BCUT2D eigenvalue weighted by molar-refractivity contribution is -0.457. The zero-order valence-corrected chi connectivity index (χ0v) is 57.2. The molecule has 0 aliphatic heterocycles. The molecule has 0 saturated heterocycles. The van der Waals surface area contributed by atoms with Crippen LogP contribution in [-0.4, -0.2) is 136 Å². The van der Waals surface area contributed by atoms with Crippen LogP contribution in [0.15, 0.2) is 97.1 Å². The first-order valence-electron chi connectivity index (χ1n) is 32.0. The molecule has 0 aromatic heterocycles. The summed E-state index contributed by atoms with van der Waals surface area (Å²) in [6.07, 6.45) is -10.9. The zero-order valence-electron chi connectivity index (χ0n) is 54.7. The first-order valence-corrected chi connectivity index (χ1v) is 35.4. The average molecular weight is 1360 g/mol. The van der Waals surface area contributed by atoms with Gasteiger partial charge in [-0.25, -0.2) is 4.67 Å². The topological polar surface area (TPSA) is 104 Å². The molecule has 23 heteroatoms. The number of halogens is 9. The van der Waals surface area contributed by atoms with Gasteiger partial charge in [0.15, 0.2) is 0 Å². The molecule has 0 amide bonds. The van der Waals surface area contributed by atoms with Crippen LogP contribution < -0.4 is 14.2 Å². The summed E-state index contributed by atoms with van der Waals surface area (Å²) in [5.41, 5.74) is -1.87. The molecule has 11 nitrogen and oxygen atoms in total. The average Bonchev–Trinajstić information content (AvgIpc) is 1.67. The first kappa shape index (κ1) is 75.4. The summed E-state index contributed by atoms with van der Waals surface area (Å²) in [5.74, 6) is 4.52. The fraction of sp³-hybridized carbons (Fsp3) is 0.638. The second-order valence-electron chi connectivity index (χ2n) is 25.9. The number of likely N-dealkylation sites (N-methyl/N-ethyl adjacent to an activating group) is 1. The van der Waals surface area contributed by atoms with Gasteiger partial charge in [0.1, 0.15) is 22.8 Å². The van der Waals surface area contributed by atoms with Crippen LogP contribution in [0.25, 0.3) is 0 Å². The first-order chi connectivity index (χ1) is 43.5. The third-order valence-corrected chi connectivity index (χ3v) is 24.0. The Bertz CT molecular complexity index is 2830. The lowest BCUT2D eigenvalue weighted by atomic mass is 9.55. The summed E-state index contributed by atoms with van der Waals surface area (Å²) in [6.45, 7) is 15.1. The maximum absolute atomic E-state index is 13.3. The number of unbranched alkanes of at least 4 members (excludes halogenated alkanes) is 1. The Morgan fingerprint density at radius 2 is 1.28 bits per heavy atom. The summed E-state index contributed by atoms with van der Waals surface area (Å²) in [7, 11) is 6.99. The van der Waals surface area contributed by atoms with E-state index in [2.05, 4.69) is 119 Å². The second kappa shape index (κ2) is 33.3. The number of methoxy groups -OCH3 is 2. The highest BCUT2D eigenvalue weighted by molar-refractivity contribution is 8.77. The molecule has 5 unspecified atom stereocenters. The van der Waals surface area contributed by atoms with Crippen LogP contribution in [0.4, 0.5) is 39.5 Å². The molecule has 4 aromatic rings. The van der Waals surface area contributed by atoms with Gasteiger partial charge >= 0.3 is 24.1 Å². The van der Waals surface area contributed by atoms with Gasteiger partial charge in [-0.15, -0.1) is 0 Å². The number of rotatable bonds is 36. The number of aryl methyl sites for hydroxylation is 1. The number of alkyl halides is 9. The quantitative estimate of drug-likeness (QED) is 0.0142. The van der Waals surface area contributed by atoms with Gasteiger partial charge in [-0.05, 0) is 194 Å². The number of benzene rings is 4. The maximum Gasteiger partial charge on any atom is 0.435 e. The highest BCUT2D eigenvalue weighted by Crippen LogP contribution is 2.62. The standard InChI is InChI=1S/C69H93F9N3O8PS2/c1-48(2)81(49(3)4)90(88-40-16-37-79)89-47-50(46-87-65(52-18-12-11-13-19-52,53-21-25-55(82-9)26-22-53)54-23-27-56(83-10)28-24-54)17-14-15-44-91-92-63(5,6)36-41-84-57-29-31-58-51(45-57)20-30-60-59(58)34-35-64(7)61(60)32-33-62(64)85-42-38-80(8)39-43-86-66(67(70,71)72,68(73,74)75)69(76,77)78/h11-13,18-19,21-29,31,45,48-50,59-62H,14-17,20,30,32-36,38-44,46-47H2,1-10H3/t50?,59?,60?,61?,62-,64-,90?/m0/s1. The van der Waals surface area contributed by atoms with Crippen LogP contribution in [0.2, 0.25) is 0 Å². The molecule has 7 atom stereocenters. The normalized spacial score (nSPS) is 20.5. The summed E-state index contributed by atoms with van der Waals surface area (Å²) < 4.78 is 171. The minimum absolute atomic E-state index is 0.0194. The molecular weight excluding hydrogens is 1260 g/mol. The van der Waals surface area contributed by atoms with E-state index in [4.69, 9.17) is 32.7 Å². The van der Waals surface area contributed by atoms with E-state index < -0.39 is 51.4 Å². The van der Waals surface area contributed by atoms with Gasteiger partial charge in [-0.2, -0.15) is 44.8 Å². The molecule has 0 radical (unpaired) electrons. The van der Waals surface area contributed by atoms with Gasteiger partial charge in [-0.3, -0.25) is 0 Å². The number of nitrogens with zero attached hydrogens (tertiary/aromatic N) is 3. The molecule has 7 rings (SSSR count). The predicted octanol–water partition coefficient (Wildman–Crippen LogP) is 18.3. The van der Waals surface area contributed by atoms with Crippen molar-refractivity contribution in [2.45, 2.75) is 178 Å². The highest BCUT2D eigenvalue weighted by Gasteiger charge is 2.85. The lowest BCUT2D eigenvalue weighted by Gasteiger charge is -2.50. The van der Waals surface area contributed by atoms with Gasteiger partial charge < -0.3 is 42.4 Å². The predicted molar refractivity (Wildman–Crippen MR) is 346 cm³/mol. The number of nitriles is 1. The molecule has 0 heterocycles. The molecule has 512 valence electrons. The SMILES string of the molecule is COc1ccc(C(OCC(CCCCSSC(C)(C)CCOc2ccc3c(c2)CCC2C3CC[C@@]3(C)C2CC[C@@H]3OCCN(C)CCOC(C(F)(F)F)(C(F)(F)F)C(F)(F)F)COP(OCCC#N)N(C(C)C)C(C)C)(c2ccccc2)c2ccc(OC)cc2)cc1. The molecule has 4 aromatic carbocycles. The smallest absolute Gasteiger partial charge is 0.435 e. The number of hydrogen-bond donors (Lipinski definition) is 0. The molecule has 0 bridgehead atoms. The third-order valence-electron chi connectivity index (χ3n) is 18.5. The largest absolute Gasteiger partial charge is 0.497 e. The van der Waals surface area contributed by atoms with Crippen molar-refractivity contribution in [3.8, 4) is 23.3 Å². The van der Waals surface area contributed by atoms with Crippen molar-refractivity contribution in [1.82, 2.24) is 9.57 Å². The van der Waals surface area contributed by atoms with Crippen LogP contribution in [0.5, 0.6) is 17.2 Å². The fourth-order valence-electron chi connectivity index (χ4n) is 13.7. The third kappa shape index (κ3) is 18.3. The van der Waals surface area contributed by atoms with E-state index in [1.807, 2.05) is 64.1 Å². The van der Waals surface area contributed by atoms with Crippen molar-refractivity contribution in [3.63, 3.8) is 0 Å². The van der Waals surface area contributed by atoms with E-state index in [1.54, 1.807) is 14.2 Å². The molecule has 3 aliphatic carbocycles. The van der Waals surface area contributed by atoms with Crippen LogP contribution in [0.1, 0.15) is 146 Å². The zero-order chi connectivity index (χ0) is 67.1. The van der Waals surface area contributed by atoms with E-state index in [-0.39, 0.29) is 60.4 Å². The van der Waals surface area contributed by atoms with Crippen LogP contribution in [0, 0.1) is 34.5 Å². The summed E-state index contributed by atoms with van der Waals surface area (Å²) >= 11 is 0. The van der Waals surface area contributed by atoms with Crippen molar-refractivity contribution >= 4 is 30.1 Å². The van der Waals surface area contributed by atoms with Crippen LogP contribution in [-0.2, 0) is 35.3 Å². The summed E-state index contributed by atoms with van der Waals surface area (Å²) in [6, 6.07) is 35.5. The molecule has 0 N–H and O–H groups in total. The van der Waals surface area contributed by atoms with Crippen molar-refractivity contribution in [2.75, 3.05) is 79.8 Å². The minimum atomic E-state index is -6.77. The van der Waals surface area contributed by atoms with Crippen molar-refractivity contribution in [1.29, 1.82) is 5.26 Å². The van der Waals surface area contributed by atoms with Crippen molar-refractivity contribution in [2.24, 2.45) is 23.2 Å². The molecule has 2 fully saturated rings. The van der Waals surface area contributed by atoms with E-state index in [9.17, 15) is 44.8 Å². The fourth-order valence-corrected chi connectivity index (χ4v) is 18.1. The molecule has 3 aliphatic rings. The van der Waals surface area contributed by atoms with Crippen molar-refractivity contribution < 1.29 is 77.0 Å². The second-order valence-corrected chi connectivity index (χ2v) is 30.4. The number of hydrogen-bond acceptors (Lipinski definition) is 13. The maximum atomic E-state index is 13.3. The van der Waals surface area contributed by atoms with E-state index in [0.29, 0.717) is 37.6 Å². The highest BCUT2D eigenvalue weighted by atomic mass is 33.1. The van der Waals surface area contributed by atoms with E-state index in [1.165, 1.54) is 23.1 Å². The Morgan fingerprint density at radius 3 is 1.87 bits per heavy atom. The molecule has 92 heavy (non-hydrogen) atoms. The molecular formula is C69H93F9N3O8PS2. The van der Waals surface area contributed by atoms with Gasteiger partial charge in [0.25, 0.3) is 8.53 Å². The Balaban J connectivity index is 0.908. The van der Waals surface area contributed by atoms with Gasteiger partial charge in [0.05, 0.1) is 72.5 Å². The van der Waals surface area contributed by atoms with Crippen LogP contribution in [0.3, 0.4) is 0 Å². The molecule has 2 saturated carbocycles. The number of fused-ring (bicyclic) bond motifs is 5.